The molecule has 3 nitrogen and oxygen atoms in total. The highest BCUT2D eigenvalue weighted by molar-refractivity contribution is 9.10. The summed E-state index contributed by atoms with van der Waals surface area (Å²) in [6.07, 6.45) is 0. The first-order valence-electron chi connectivity index (χ1n) is 4.63. The third kappa shape index (κ3) is 1.64. The van der Waals surface area contributed by atoms with Crippen LogP contribution < -0.4 is 10.5 Å². The van der Waals surface area contributed by atoms with E-state index in [4.69, 9.17) is 14.9 Å². The largest absolute Gasteiger partial charge is 0.493 e. The lowest BCUT2D eigenvalue weighted by Gasteiger charge is -2.06. The van der Waals surface area contributed by atoms with Crippen LogP contribution in [-0.4, -0.2) is 7.11 Å². The van der Waals surface area contributed by atoms with Crippen LogP contribution in [0.25, 0.3) is 11.0 Å². The van der Waals surface area contributed by atoms with E-state index in [1.807, 2.05) is 19.1 Å². The fourth-order valence-corrected chi connectivity index (χ4v) is 2.19. The number of nitrogens with two attached hydrogens (primary N) is 1. The maximum atomic E-state index is 5.66. The molecule has 1 aromatic carbocycles. The lowest BCUT2D eigenvalue weighted by Crippen LogP contribution is -1.98. The van der Waals surface area contributed by atoms with Crippen LogP contribution >= 0.6 is 15.9 Å². The molecule has 0 atom stereocenters. The van der Waals surface area contributed by atoms with E-state index < -0.39 is 0 Å². The standard InChI is InChI=1S/C11H12BrNO2/c1-6-3-8-10(12)7(5-13)4-9(14-2)11(8)15-6/h3-4H,5,13H2,1-2H3. The van der Waals surface area contributed by atoms with Crippen LogP contribution in [0.4, 0.5) is 0 Å². The van der Waals surface area contributed by atoms with E-state index in [-0.39, 0.29) is 0 Å². The quantitative estimate of drug-likeness (QED) is 0.912. The summed E-state index contributed by atoms with van der Waals surface area (Å²) in [4.78, 5) is 0. The average molecular weight is 270 g/mol. The van der Waals surface area contributed by atoms with Gasteiger partial charge in [-0.1, -0.05) is 0 Å². The molecule has 15 heavy (non-hydrogen) atoms. The van der Waals surface area contributed by atoms with Crippen LogP contribution in [0.5, 0.6) is 5.75 Å². The van der Waals surface area contributed by atoms with Gasteiger partial charge >= 0.3 is 0 Å². The van der Waals surface area contributed by atoms with Gasteiger partial charge < -0.3 is 14.9 Å². The lowest BCUT2D eigenvalue weighted by molar-refractivity contribution is 0.408. The number of hydrogen-bond acceptors (Lipinski definition) is 3. The molecule has 0 radical (unpaired) electrons. The molecule has 0 fully saturated rings. The zero-order valence-corrected chi connectivity index (χ0v) is 10.2. The fourth-order valence-electron chi connectivity index (χ4n) is 1.62. The number of benzene rings is 1. The van der Waals surface area contributed by atoms with Gasteiger partial charge in [-0.25, -0.2) is 0 Å². The molecule has 0 aliphatic rings. The van der Waals surface area contributed by atoms with Crippen molar-refractivity contribution in [3.05, 3.63) is 27.9 Å². The molecule has 0 aliphatic heterocycles. The summed E-state index contributed by atoms with van der Waals surface area (Å²) in [5.74, 6) is 1.58. The van der Waals surface area contributed by atoms with E-state index in [0.29, 0.717) is 6.54 Å². The number of furan rings is 1. The topological polar surface area (TPSA) is 48.4 Å². The molecule has 2 aromatic rings. The Morgan fingerprint density at radius 2 is 2.20 bits per heavy atom. The molecule has 1 aromatic heterocycles. The fraction of sp³-hybridized carbons (Fsp3) is 0.273. The molecule has 0 unspecified atom stereocenters. The van der Waals surface area contributed by atoms with Gasteiger partial charge in [-0.2, -0.15) is 0 Å². The van der Waals surface area contributed by atoms with E-state index in [1.54, 1.807) is 7.11 Å². The molecule has 2 N–H and O–H groups in total. The number of methoxy groups -OCH3 is 1. The van der Waals surface area contributed by atoms with Crippen LogP contribution in [0, 0.1) is 6.92 Å². The molecule has 4 heteroatoms. The summed E-state index contributed by atoms with van der Waals surface area (Å²) in [7, 11) is 1.63. The Hall–Kier alpha value is -1.00. The SMILES string of the molecule is COc1cc(CN)c(Br)c2cc(C)oc12. The third-order valence-corrected chi connectivity index (χ3v) is 3.28. The second-order valence-corrected chi connectivity index (χ2v) is 4.15. The predicted molar refractivity (Wildman–Crippen MR) is 63.1 cm³/mol. The number of halogens is 1. The lowest BCUT2D eigenvalue weighted by atomic mass is 10.1. The van der Waals surface area contributed by atoms with Crippen LogP contribution in [0.15, 0.2) is 21.0 Å². The van der Waals surface area contributed by atoms with Gasteiger partial charge in [0, 0.05) is 16.4 Å². The molecule has 1 heterocycles. The van der Waals surface area contributed by atoms with Crippen LogP contribution in [-0.2, 0) is 6.54 Å². The average Bonchev–Trinajstić information content (AvgIpc) is 2.61. The number of ether oxygens (including phenoxy) is 1. The van der Waals surface area contributed by atoms with Crippen molar-refractivity contribution in [1.82, 2.24) is 0 Å². The Bertz CT molecular complexity index is 505. The zero-order valence-electron chi connectivity index (χ0n) is 8.63. The normalized spacial score (nSPS) is 10.9. The second kappa shape index (κ2) is 3.87. The molecular weight excluding hydrogens is 258 g/mol. The van der Waals surface area contributed by atoms with Crippen molar-refractivity contribution < 1.29 is 9.15 Å². The highest BCUT2D eigenvalue weighted by atomic mass is 79.9. The highest BCUT2D eigenvalue weighted by Crippen LogP contribution is 2.36. The first-order valence-corrected chi connectivity index (χ1v) is 5.42. The minimum absolute atomic E-state index is 0.469. The number of rotatable bonds is 2. The van der Waals surface area contributed by atoms with Gasteiger partial charge in [-0.15, -0.1) is 0 Å². The maximum absolute atomic E-state index is 5.66. The Morgan fingerprint density at radius 1 is 1.47 bits per heavy atom. The molecular formula is C11H12BrNO2. The number of aryl methyl sites for hydroxylation is 1. The smallest absolute Gasteiger partial charge is 0.177 e. The third-order valence-electron chi connectivity index (χ3n) is 2.34. The van der Waals surface area contributed by atoms with Crippen molar-refractivity contribution in [3.8, 4) is 5.75 Å². The van der Waals surface area contributed by atoms with Crippen molar-refractivity contribution in [2.24, 2.45) is 5.73 Å². The molecule has 0 aliphatic carbocycles. The Balaban J connectivity index is 2.83. The van der Waals surface area contributed by atoms with E-state index in [1.165, 1.54) is 0 Å². The number of hydrogen-bond donors (Lipinski definition) is 1. The zero-order chi connectivity index (χ0) is 11.0. The summed E-state index contributed by atoms with van der Waals surface area (Å²) < 4.78 is 11.8. The van der Waals surface area contributed by atoms with Gasteiger partial charge in [0.2, 0.25) is 0 Å². The Morgan fingerprint density at radius 3 is 2.80 bits per heavy atom. The van der Waals surface area contributed by atoms with Gasteiger partial charge in [-0.3, -0.25) is 0 Å². The molecule has 80 valence electrons. The monoisotopic (exact) mass is 269 g/mol. The van der Waals surface area contributed by atoms with Gasteiger partial charge in [-0.05, 0) is 40.5 Å². The van der Waals surface area contributed by atoms with E-state index in [2.05, 4.69) is 15.9 Å². The maximum Gasteiger partial charge on any atom is 0.177 e. The molecule has 0 amide bonds. The Labute approximate surface area is 96.3 Å². The van der Waals surface area contributed by atoms with Gasteiger partial charge in [0.1, 0.15) is 5.76 Å². The Kier molecular flexibility index (Phi) is 2.71. The molecule has 0 spiro atoms. The first kappa shape index (κ1) is 10.5. The van der Waals surface area contributed by atoms with Crippen LogP contribution in [0.1, 0.15) is 11.3 Å². The highest BCUT2D eigenvalue weighted by Gasteiger charge is 2.13. The van der Waals surface area contributed by atoms with Crippen molar-refractivity contribution >= 4 is 26.9 Å². The summed E-state index contributed by atoms with van der Waals surface area (Å²) in [6, 6.07) is 3.87. The van der Waals surface area contributed by atoms with Crippen LogP contribution in [0.2, 0.25) is 0 Å². The summed E-state index contributed by atoms with van der Waals surface area (Å²) in [6.45, 7) is 2.38. The second-order valence-electron chi connectivity index (χ2n) is 3.36. The number of fused-ring (bicyclic) bond motifs is 1. The van der Waals surface area contributed by atoms with Crippen molar-refractivity contribution in [1.29, 1.82) is 0 Å². The molecule has 0 saturated heterocycles. The molecule has 0 saturated carbocycles. The van der Waals surface area contributed by atoms with Gasteiger partial charge in [0.25, 0.3) is 0 Å². The van der Waals surface area contributed by atoms with Crippen molar-refractivity contribution in [2.75, 3.05) is 7.11 Å². The summed E-state index contributed by atoms with van der Waals surface area (Å²) in [5, 5.41) is 1.01. The minimum Gasteiger partial charge on any atom is -0.493 e. The summed E-state index contributed by atoms with van der Waals surface area (Å²) in [5.41, 5.74) is 7.43. The van der Waals surface area contributed by atoms with E-state index >= 15 is 0 Å². The van der Waals surface area contributed by atoms with Gasteiger partial charge in [0.15, 0.2) is 11.3 Å². The molecule has 0 bridgehead atoms. The minimum atomic E-state index is 0.469. The molecule has 2 rings (SSSR count). The van der Waals surface area contributed by atoms with E-state index in [0.717, 1.165) is 32.5 Å². The first-order chi connectivity index (χ1) is 7.17. The van der Waals surface area contributed by atoms with Crippen molar-refractivity contribution in [3.63, 3.8) is 0 Å². The van der Waals surface area contributed by atoms with Crippen LogP contribution in [0.3, 0.4) is 0 Å². The predicted octanol–water partition coefficient (Wildman–Crippen LogP) is 2.97. The van der Waals surface area contributed by atoms with Gasteiger partial charge in [0.05, 0.1) is 7.11 Å². The van der Waals surface area contributed by atoms with E-state index in [9.17, 15) is 0 Å². The van der Waals surface area contributed by atoms with Crippen molar-refractivity contribution in [2.45, 2.75) is 13.5 Å². The summed E-state index contributed by atoms with van der Waals surface area (Å²) >= 11 is 3.52.